The largest absolute Gasteiger partial charge is 0.496 e. The van der Waals surface area contributed by atoms with Gasteiger partial charge >= 0.3 is 0 Å². The van der Waals surface area contributed by atoms with Crippen molar-refractivity contribution in [3.05, 3.63) is 65.2 Å². The third-order valence-electron chi connectivity index (χ3n) is 5.34. The number of nitrogens with zero attached hydrogens (tertiary/aromatic N) is 1. The van der Waals surface area contributed by atoms with E-state index in [4.69, 9.17) is 4.74 Å². The Morgan fingerprint density at radius 1 is 1.07 bits per heavy atom. The predicted octanol–water partition coefficient (Wildman–Crippen LogP) is 3.21. The van der Waals surface area contributed by atoms with Gasteiger partial charge in [-0.2, -0.15) is 0 Å². The van der Waals surface area contributed by atoms with E-state index in [0.717, 1.165) is 23.3 Å². The minimum atomic E-state index is -0.0280. The maximum absolute atomic E-state index is 12.6. The normalized spacial score (nSPS) is 14.6. The molecule has 0 spiro atoms. The number of benzene rings is 2. The molecule has 1 N–H and O–H groups in total. The van der Waals surface area contributed by atoms with E-state index in [-0.39, 0.29) is 17.7 Å². The second-order valence-corrected chi connectivity index (χ2v) is 7.29. The maximum atomic E-state index is 12.6. The summed E-state index contributed by atoms with van der Waals surface area (Å²) in [6.07, 6.45) is 2.15. The molecule has 1 aliphatic heterocycles. The highest BCUT2D eigenvalue weighted by molar-refractivity contribution is 5.94. The van der Waals surface area contributed by atoms with Gasteiger partial charge in [-0.15, -0.1) is 0 Å². The van der Waals surface area contributed by atoms with Crippen LogP contribution in [0.4, 0.5) is 0 Å². The Morgan fingerprint density at radius 2 is 1.75 bits per heavy atom. The van der Waals surface area contributed by atoms with Crippen molar-refractivity contribution >= 4 is 11.8 Å². The van der Waals surface area contributed by atoms with Gasteiger partial charge in [-0.05, 0) is 49.9 Å². The monoisotopic (exact) mass is 380 g/mol. The number of nitrogens with one attached hydrogen (secondary N) is 1. The zero-order valence-corrected chi connectivity index (χ0v) is 16.6. The molecule has 148 valence electrons. The quantitative estimate of drug-likeness (QED) is 0.837. The van der Waals surface area contributed by atoms with Gasteiger partial charge in [0.25, 0.3) is 5.91 Å². The molecule has 0 atom stereocenters. The first kappa shape index (κ1) is 19.9. The average Bonchev–Trinajstić information content (AvgIpc) is 2.74. The molecule has 2 aromatic rings. The number of rotatable bonds is 6. The number of aryl methyl sites for hydroxylation is 1. The lowest BCUT2D eigenvalue weighted by molar-refractivity contribution is -0.126. The predicted molar refractivity (Wildman–Crippen MR) is 110 cm³/mol. The second-order valence-electron chi connectivity index (χ2n) is 7.29. The second kappa shape index (κ2) is 9.40. The molecule has 1 saturated heterocycles. The Balaban J connectivity index is 1.44. The lowest BCUT2D eigenvalue weighted by Gasteiger charge is -2.31. The third-order valence-corrected chi connectivity index (χ3v) is 5.34. The van der Waals surface area contributed by atoms with E-state index in [9.17, 15) is 9.59 Å². The third kappa shape index (κ3) is 4.91. The van der Waals surface area contributed by atoms with Gasteiger partial charge in [-0.25, -0.2) is 0 Å². The minimum absolute atomic E-state index is 0.0280. The van der Waals surface area contributed by atoms with Crippen LogP contribution in [0.15, 0.2) is 48.5 Å². The molecule has 2 aromatic carbocycles. The number of piperidine rings is 1. The van der Waals surface area contributed by atoms with E-state index in [0.29, 0.717) is 38.0 Å². The van der Waals surface area contributed by atoms with Gasteiger partial charge in [0.05, 0.1) is 7.11 Å². The Bertz CT molecular complexity index is 809. The van der Waals surface area contributed by atoms with E-state index in [2.05, 4.69) is 5.32 Å². The first-order valence-electron chi connectivity index (χ1n) is 9.84. The average molecular weight is 380 g/mol. The summed E-state index contributed by atoms with van der Waals surface area (Å²) in [5.41, 5.74) is 2.94. The maximum Gasteiger partial charge on any atom is 0.253 e. The van der Waals surface area contributed by atoms with Crippen molar-refractivity contribution in [2.45, 2.75) is 26.2 Å². The number of hydrogen-bond donors (Lipinski definition) is 1. The molecule has 0 radical (unpaired) electrons. The Morgan fingerprint density at radius 3 is 2.43 bits per heavy atom. The van der Waals surface area contributed by atoms with E-state index in [1.807, 2.05) is 60.4 Å². The fraction of sp³-hybridized carbons (Fsp3) is 0.391. The van der Waals surface area contributed by atoms with Gasteiger partial charge in [0.1, 0.15) is 5.75 Å². The topological polar surface area (TPSA) is 58.6 Å². The highest BCUT2D eigenvalue weighted by Crippen LogP contribution is 2.20. The molecular formula is C23H28N2O3. The summed E-state index contributed by atoms with van der Waals surface area (Å²) in [5, 5.41) is 3.04. The smallest absolute Gasteiger partial charge is 0.253 e. The molecule has 2 amide bonds. The Kier molecular flexibility index (Phi) is 6.69. The first-order valence-corrected chi connectivity index (χ1v) is 9.84. The van der Waals surface area contributed by atoms with Crippen LogP contribution in [0.3, 0.4) is 0 Å². The number of likely N-dealkylation sites (tertiary alicyclic amines) is 1. The number of ether oxygens (including phenoxy) is 1. The number of carbonyl (C=O) groups excluding carboxylic acids is 2. The van der Waals surface area contributed by atoms with Crippen LogP contribution in [0.2, 0.25) is 0 Å². The van der Waals surface area contributed by atoms with Crippen molar-refractivity contribution in [1.29, 1.82) is 0 Å². The van der Waals surface area contributed by atoms with Gasteiger partial charge in [-0.1, -0.05) is 35.9 Å². The SMILES string of the molecule is COc1ccccc1CCNC(=O)C1CCN(C(=O)c2ccc(C)cc2)CC1. The summed E-state index contributed by atoms with van der Waals surface area (Å²) in [6.45, 7) is 3.84. The van der Waals surface area contributed by atoms with Gasteiger partial charge < -0.3 is 15.0 Å². The van der Waals surface area contributed by atoms with Crippen LogP contribution in [-0.4, -0.2) is 43.5 Å². The van der Waals surface area contributed by atoms with Crippen LogP contribution in [0.25, 0.3) is 0 Å². The molecule has 0 bridgehead atoms. The van der Waals surface area contributed by atoms with Crippen LogP contribution in [-0.2, 0) is 11.2 Å². The molecule has 0 aromatic heterocycles. The van der Waals surface area contributed by atoms with Crippen LogP contribution in [0.5, 0.6) is 5.75 Å². The Hall–Kier alpha value is -2.82. The summed E-state index contributed by atoms with van der Waals surface area (Å²) in [4.78, 5) is 26.9. The molecule has 0 aliphatic carbocycles. The van der Waals surface area contributed by atoms with Crippen LogP contribution in [0, 0.1) is 12.8 Å². The van der Waals surface area contributed by atoms with Gasteiger partial charge in [0.2, 0.25) is 5.91 Å². The molecule has 1 fully saturated rings. The fourth-order valence-corrected chi connectivity index (χ4v) is 3.60. The van der Waals surface area contributed by atoms with Crippen LogP contribution >= 0.6 is 0 Å². The molecule has 0 saturated carbocycles. The Labute approximate surface area is 166 Å². The van der Waals surface area contributed by atoms with Crippen molar-refractivity contribution in [1.82, 2.24) is 10.2 Å². The fourth-order valence-electron chi connectivity index (χ4n) is 3.60. The summed E-state index contributed by atoms with van der Waals surface area (Å²) in [5.74, 6) is 0.951. The molecule has 5 heteroatoms. The van der Waals surface area contributed by atoms with Gasteiger partial charge in [-0.3, -0.25) is 9.59 Å². The van der Waals surface area contributed by atoms with E-state index in [1.54, 1.807) is 7.11 Å². The van der Waals surface area contributed by atoms with Crippen molar-refractivity contribution < 1.29 is 14.3 Å². The summed E-state index contributed by atoms with van der Waals surface area (Å²) in [6, 6.07) is 15.5. The lowest BCUT2D eigenvalue weighted by atomic mass is 9.95. The number of hydrogen-bond acceptors (Lipinski definition) is 3. The van der Waals surface area contributed by atoms with E-state index >= 15 is 0 Å². The molecule has 1 heterocycles. The number of carbonyl (C=O) groups is 2. The summed E-state index contributed by atoms with van der Waals surface area (Å²) in [7, 11) is 1.66. The molecule has 5 nitrogen and oxygen atoms in total. The molecule has 28 heavy (non-hydrogen) atoms. The van der Waals surface area contributed by atoms with Crippen LogP contribution in [0.1, 0.15) is 34.3 Å². The number of para-hydroxylation sites is 1. The highest BCUT2D eigenvalue weighted by atomic mass is 16.5. The minimum Gasteiger partial charge on any atom is -0.496 e. The zero-order valence-electron chi connectivity index (χ0n) is 16.6. The summed E-state index contributed by atoms with van der Waals surface area (Å²) >= 11 is 0. The first-order chi connectivity index (χ1) is 13.6. The van der Waals surface area contributed by atoms with Crippen molar-refractivity contribution in [3.63, 3.8) is 0 Å². The van der Waals surface area contributed by atoms with Gasteiger partial charge in [0.15, 0.2) is 0 Å². The van der Waals surface area contributed by atoms with Crippen LogP contribution < -0.4 is 10.1 Å². The summed E-state index contributed by atoms with van der Waals surface area (Å²) < 4.78 is 5.35. The molecular weight excluding hydrogens is 352 g/mol. The lowest BCUT2D eigenvalue weighted by Crippen LogP contribution is -2.43. The van der Waals surface area contributed by atoms with E-state index < -0.39 is 0 Å². The van der Waals surface area contributed by atoms with Crippen molar-refractivity contribution in [2.75, 3.05) is 26.7 Å². The van der Waals surface area contributed by atoms with E-state index in [1.165, 1.54) is 0 Å². The van der Waals surface area contributed by atoms with Gasteiger partial charge in [0, 0.05) is 31.1 Å². The molecule has 1 aliphatic rings. The number of amides is 2. The van der Waals surface area contributed by atoms with Crippen molar-refractivity contribution in [3.8, 4) is 5.75 Å². The van der Waals surface area contributed by atoms with Crippen molar-refractivity contribution in [2.24, 2.45) is 5.92 Å². The standard InChI is InChI=1S/C23H28N2O3/c1-17-7-9-20(10-8-17)23(27)25-15-12-19(13-16-25)22(26)24-14-11-18-5-3-4-6-21(18)28-2/h3-10,19H,11-16H2,1-2H3,(H,24,26). The zero-order chi connectivity index (χ0) is 19.9. The number of methoxy groups -OCH3 is 1. The highest BCUT2D eigenvalue weighted by Gasteiger charge is 2.27. The molecule has 3 rings (SSSR count). The molecule has 0 unspecified atom stereocenters.